The minimum absolute atomic E-state index is 0.314. The maximum atomic E-state index is 13.6. The molecular weight excluding hydrogens is 227 g/mol. The second kappa shape index (κ2) is 4.38. The first-order valence-electron chi connectivity index (χ1n) is 5.59. The molecule has 0 aliphatic carbocycles. The minimum Gasteiger partial charge on any atom is -0.430 e. The molecule has 0 aliphatic heterocycles. The van der Waals surface area contributed by atoms with Crippen molar-refractivity contribution >= 4 is 11.0 Å². The summed E-state index contributed by atoms with van der Waals surface area (Å²) >= 11 is 0. The fourth-order valence-corrected chi connectivity index (χ4v) is 1.79. The molecule has 0 N–H and O–H groups in total. The summed E-state index contributed by atoms with van der Waals surface area (Å²) in [6, 6.07) is 16.0. The Morgan fingerprint density at radius 2 is 1.56 bits per heavy atom. The molecule has 2 aromatic carbocycles. The van der Waals surface area contributed by atoms with E-state index in [1.165, 1.54) is 0 Å². The Kier molecular flexibility index (Phi) is 2.59. The molecule has 1 aromatic heterocycles. The van der Waals surface area contributed by atoms with Crippen LogP contribution in [0.4, 0.5) is 4.39 Å². The summed E-state index contributed by atoms with van der Waals surface area (Å²) in [4.78, 5) is 0. The molecule has 3 rings (SSSR count). The molecule has 0 atom stereocenters. The Labute approximate surface area is 104 Å². The van der Waals surface area contributed by atoms with Gasteiger partial charge in [-0.3, -0.25) is 0 Å². The summed E-state index contributed by atoms with van der Waals surface area (Å²) in [6.45, 7) is 0. The first-order valence-corrected chi connectivity index (χ1v) is 5.59. The van der Waals surface area contributed by atoms with Crippen molar-refractivity contribution in [1.82, 2.24) is 0 Å². The number of rotatable bonds is 0. The average Bonchev–Trinajstić information content (AvgIpc) is 2.73. The normalized spacial score (nSPS) is 10.1. The van der Waals surface area contributed by atoms with Crippen molar-refractivity contribution in [3.8, 4) is 11.8 Å². The van der Waals surface area contributed by atoms with Crippen molar-refractivity contribution in [3.05, 3.63) is 71.7 Å². The number of fused-ring (bicyclic) bond motifs is 1. The van der Waals surface area contributed by atoms with Gasteiger partial charge in [0.1, 0.15) is 11.1 Å². The van der Waals surface area contributed by atoms with E-state index in [-0.39, 0.29) is 0 Å². The highest BCUT2D eigenvalue weighted by Crippen LogP contribution is 2.23. The van der Waals surface area contributed by atoms with Gasteiger partial charge < -0.3 is 4.42 Å². The van der Waals surface area contributed by atoms with Crippen LogP contribution in [0.15, 0.2) is 59.0 Å². The topological polar surface area (TPSA) is 13.1 Å². The molecule has 0 amide bonds. The predicted molar refractivity (Wildman–Crippen MR) is 68.6 cm³/mol. The summed E-state index contributed by atoms with van der Waals surface area (Å²) < 4.78 is 18.7. The van der Waals surface area contributed by atoms with E-state index < -0.39 is 6.01 Å². The molecule has 0 bridgehead atoms. The van der Waals surface area contributed by atoms with Gasteiger partial charge in [-0.05, 0) is 24.3 Å². The first-order chi connectivity index (χ1) is 8.84. The predicted octanol–water partition coefficient (Wildman–Crippen LogP) is 3.97. The summed E-state index contributed by atoms with van der Waals surface area (Å²) in [6.07, 6.45) is 0. The fraction of sp³-hybridized carbons (Fsp3) is 0. The minimum atomic E-state index is -0.625. The van der Waals surface area contributed by atoms with E-state index in [0.717, 1.165) is 5.56 Å². The fourth-order valence-electron chi connectivity index (χ4n) is 1.79. The van der Waals surface area contributed by atoms with Crippen LogP contribution >= 0.6 is 0 Å². The highest BCUT2D eigenvalue weighted by Gasteiger charge is 2.10. The highest BCUT2D eigenvalue weighted by atomic mass is 19.1. The Morgan fingerprint density at radius 1 is 0.833 bits per heavy atom. The van der Waals surface area contributed by atoms with Crippen molar-refractivity contribution in [3.63, 3.8) is 0 Å². The number of furan rings is 1. The SMILES string of the molecule is Fc1oc2ccccc2c1C#Cc1ccccc1. The molecule has 0 radical (unpaired) electrons. The summed E-state index contributed by atoms with van der Waals surface area (Å²) in [5.74, 6) is 5.76. The Morgan fingerprint density at radius 3 is 2.39 bits per heavy atom. The number of hydrogen-bond acceptors (Lipinski definition) is 1. The smallest absolute Gasteiger partial charge is 0.294 e. The van der Waals surface area contributed by atoms with Gasteiger partial charge in [0.2, 0.25) is 0 Å². The van der Waals surface area contributed by atoms with Crippen LogP contribution in [0, 0.1) is 17.9 Å². The quantitative estimate of drug-likeness (QED) is 0.538. The molecular formula is C16H9FO. The number of para-hydroxylation sites is 1. The van der Waals surface area contributed by atoms with Gasteiger partial charge in [-0.2, -0.15) is 4.39 Å². The van der Waals surface area contributed by atoms with Crippen LogP contribution < -0.4 is 0 Å². The number of benzene rings is 2. The van der Waals surface area contributed by atoms with Crippen molar-refractivity contribution in [2.75, 3.05) is 0 Å². The van der Waals surface area contributed by atoms with Crippen molar-refractivity contribution in [1.29, 1.82) is 0 Å². The van der Waals surface area contributed by atoms with Crippen molar-refractivity contribution < 1.29 is 8.81 Å². The Hall–Kier alpha value is -2.53. The third-order valence-corrected chi connectivity index (χ3v) is 2.66. The van der Waals surface area contributed by atoms with Crippen LogP contribution in [-0.2, 0) is 0 Å². The Balaban J connectivity index is 2.11. The molecule has 2 heteroatoms. The van der Waals surface area contributed by atoms with E-state index in [0.29, 0.717) is 16.5 Å². The largest absolute Gasteiger partial charge is 0.430 e. The van der Waals surface area contributed by atoms with Gasteiger partial charge in [-0.1, -0.05) is 42.2 Å². The van der Waals surface area contributed by atoms with Gasteiger partial charge in [0, 0.05) is 10.9 Å². The summed E-state index contributed by atoms with van der Waals surface area (Å²) in [7, 11) is 0. The second-order valence-electron chi connectivity index (χ2n) is 3.86. The molecule has 0 spiro atoms. The van der Waals surface area contributed by atoms with E-state index in [4.69, 9.17) is 4.42 Å². The van der Waals surface area contributed by atoms with Crippen molar-refractivity contribution in [2.24, 2.45) is 0 Å². The van der Waals surface area contributed by atoms with Gasteiger partial charge in [-0.15, -0.1) is 0 Å². The molecule has 86 valence electrons. The molecule has 0 fully saturated rings. The average molecular weight is 236 g/mol. The van der Waals surface area contributed by atoms with E-state index in [2.05, 4.69) is 11.8 Å². The van der Waals surface area contributed by atoms with Crippen LogP contribution in [-0.4, -0.2) is 0 Å². The van der Waals surface area contributed by atoms with E-state index in [1.807, 2.05) is 36.4 Å². The van der Waals surface area contributed by atoms with E-state index >= 15 is 0 Å². The lowest BCUT2D eigenvalue weighted by Gasteiger charge is -1.87. The van der Waals surface area contributed by atoms with Gasteiger partial charge in [0.05, 0.1) is 0 Å². The van der Waals surface area contributed by atoms with Crippen LogP contribution in [0.25, 0.3) is 11.0 Å². The standard InChI is InChI=1S/C16H9FO/c17-16-14(11-10-12-6-2-1-3-7-12)13-8-4-5-9-15(13)18-16/h1-9H. The second-order valence-corrected chi connectivity index (χ2v) is 3.86. The van der Waals surface area contributed by atoms with Crippen molar-refractivity contribution in [2.45, 2.75) is 0 Å². The molecule has 18 heavy (non-hydrogen) atoms. The lowest BCUT2D eigenvalue weighted by molar-refractivity contribution is 0.379. The van der Waals surface area contributed by atoms with E-state index in [9.17, 15) is 4.39 Å². The van der Waals surface area contributed by atoms with Gasteiger partial charge >= 0.3 is 0 Å². The molecule has 0 unspecified atom stereocenters. The molecule has 0 saturated carbocycles. The van der Waals surface area contributed by atoms with Gasteiger partial charge in [-0.25, -0.2) is 0 Å². The number of halogens is 1. The maximum absolute atomic E-state index is 13.6. The zero-order valence-electron chi connectivity index (χ0n) is 9.48. The van der Waals surface area contributed by atoms with Crippen LogP contribution in [0.3, 0.4) is 0 Å². The zero-order valence-corrected chi connectivity index (χ0v) is 9.48. The molecule has 3 aromatic rings. The molecule has 0 saturated heterocycles. The summed E-state index contributed by atoms with van der Waals surface area (Å²) in [5.41, 5.74) is 1.68. The maximum Gasteiger partial charge on any atom is 0.294 e. The molecule has 0 aliphatic rings. The Bertz CT molecular complexity index is 745. The van der Waals surface area contributed by atoms with E-state index in [1.54, 1.807) is 18.2 Å². The third kappa shape index (κ3) is 1.87. The lowest BCUT2D eigenvalue weighted by atomic mass is 10.1. The number of hydrogen-bond donors (Lipinski definition) is 0. The van der Waals surface area contributed by atoms with Gasteiger partial charge in [0.25, 0.3) is 6.01 Å². The highest BCUT2D eigenvalue weighted by molar-refractivity contribution is 5.84. The molecule has 1 heterocycles. The zero-order chi connectivity index (χ0) is 12.4. The van der Waals surface area contributed by atoms with Gasteiger partial charge in [0.15, 0.2) is 0 Å². The first kappa shape index (κ1) is 10.6. The monoisotopic (exact) mass is 236 g/mol. The lowest BCUT2D eigenvalue weighted by Crippen LogP contribution is -1.77. The van der Waals surface area contributed by atoms with Crippen LogP contribution in [0.1, 0.15) is 11.1 Å². The van der Waals surface area contributed by atoms with Crippen LogP contribution in [0.2, 0.25) is 0 Å². The third-order valence-electron chi connectivity index (χ3n) is 2.66. The van der Waals surface area contributed by atoms with Crippen LogP contribution in [0.5, 0.6) is 0 Å². The summed E-state index contributed by atoms with van der Waals surface area (Å²) in [5, 5.41) is 0.707. The molecule has 1 nitrogen and oxygen atoms in total.